The number of methoxy groups -OCH3 is 2. The maximum absolute atomic E-state index is 13.2. The van der Waals surface area contributed by atoms with Crippen LogP contribution in [0, 0.1) is 5.82 Å². The number of benzene rings is 3. The van der Waals surface area contributed by atoms with Gasteiger partial charge in [-0.1, -0.05) is 13.0 Å². The van der Waals surface area contributed by atoms with Crippen molar-refractivity contribution in [3.8, 4) is 28.8 Å². The Morgan fingerprint density at radius 2 is 1.64 bits per heavy atom. The largest absolute Gasteiger partial charge is 0.497 e. The third-order valence-corrected chi connectivity index (χ3v) is 5.66. The van der Waals surface area contributed by atoms with Crippen LogP contribution in [0.2, 0.25) is 0 Å². The maximum atomic E-state index is 13.2. The normalized spacial score (nSPS) is 10.7. The van der Waals surface area contributed by atoms with Crippen LogP contribution in [0.5, 0.6) is 23.1 Å². The molecule has 8 heteroatoms. The Morgan fingerprint density at radius 1 is 0.944 bits per heavy atom. The number of rotatable bonds is 10. The van der Waals surface area contributed by atoms with E-state index in [4.69, 9.17) is 19.3 Å². The minimum atomic E-state index is -0.356. The number of aryl methyl sites for hydroxylation is 1. The van der Waals surface area contributed by atoms with Gasteiger partial charge in [0.2, 0.25) is 11.8 Å². The second-order valence-electron chi connectivity index (χ2n) is 8.03. The molecule has 0 radical (unpaired) electrons. The van der Waals surface area contributed by atoms with Crippen LogP contribution in [-0.2, 0) is 17.6 Å². The molecule has 186 valence electrons. The van der Waals surface area contributed by atoms with Crippen LogP contribution in [-0.4, -0.2) is 29.9 Å². The standard InChI is InChI=1S/C28H28FN3O4/c1-4-26-25(16-17-27(33)30-20-10-8-19(29)9-11-20)28(36-24-7-5-6-23(18-24)35-3)32(31-26)21-12-14-22(34-2)15-13-21/h5-15,18H,4,16-17H2,1-3H3,(H,30,33). The smallest absolute Gasteiger partial charge is 0.226 e. The van der Waals surface area contributed by atoms with E-state index >= 15 is 0 Å². The molecule has 0 aliphatic carbocycles. The van der Waals surface area contributed by atoms with E-state index in [-0.39, 0.29) is 18.1 Å². The van der Waals surface area contributed by atoms with Gasteiger partial charge < -0.3 is 19.5 Å². The van der Waals surface area contributed by atoms with Gasteiger partial charge in [-0.2, -0.15) is 5.10 Å². The van der Waals surface area contributed by atoms with Crippen LogP contribution in [0.25, 0.3) is 5.69 Å². The van der Waals surface area contributed by atoms with Gasteiger partial charge in [0, 0.05) is 23.7 Å². The van der Waals surface area contributed by atoms with Crippen LogP contribution >= 0.6 is 0 Å². The summed E-state index contributed by atoms with van der Waals surface area (Å²) in [4.78, 5) is 12.7. The number of halogens is 1. The van der Waals surface area contributed by atoms with Crippen molar-refractivity contribution in [3.05, 3.63) is 89.9 Å². The number of carbonyl (C=O) groups is 1. The lowest BCUT2D eigenvalue weighted by Crippen LogP contribution is -2.12. The molecule has 1 amide bonds. The number of nitrogens with zero attached hydrogens (tertiary/aromatic N) is 2. The molecule has 0 unspecified atom stereocenters. The SMILES string of the molecule is CCc1nn(-c2ccc(OC)cc2)c(Oc2cccc(OC)c2)c1CCC(=O)Nc1ccc(F)cc1. The molecular formula is C28H28FN3O4. The lowest BCUT2D eigenvalue weighted by atomic mass is 10.1. The lowest BCUT2D eigenvalue weighted by Gasteiger charge is -2.13. The van der Waals surface area contributed by atoms with Crippen LogP contribution in [0.15, 0.2) is 72.8 Å². The number of aromatic nitrogens is 2. The highest BCUT2D eigenvalue weighted by Gasteiger charge is 2.21. The first-order valence-electron chi connectivity index (χ1n) is 11.6. The van der Waals surface area contributed by atoms with Crippen LogP contribution in [0.1, 0.15) is 24.6 Å². The molecule has 7 nitrogen and oxygen atoms in total. The summed E-state index contributed by atoms with van der Waals surface area (Å²) in [6, 6.07) is 20.5. The Bertz CT molecular complexity index is 1320. The molecule has 0 saturated carbocycles. The fourth-order valence-corrected chi connectivity index (χ4v) is 3.79. The van der Waals surface area contributed by atoms with E-state index in [9.17, 15) is 9.18 Å². The number of amides is 1. The molecule has 0 spiro atoms. The molecule has 0 fully saturated rings. The van der Waals surface area contributed by atoms with E-state index in [0.29, 0.717) is 35.9 Å². The third-order valence-electron chi connectivity index (χ3n) is 5.66. The van der Waals surface area contributed by atoms with Crippen molar-refractivity contribution in [1.82, 2.24) is 9.78 Å². The number of carbonyl (C=O) groups excluding carboxylic acids is 1. The van der Waals surface area contributed by atoms with E-state index in [1.807, 2.05) is 49.4 Å². The second-order valence-corrected chi connectivity index (χ2v) is 8.03. The Morgan fingerprint density at radius 3 is 2.31 bits per heavy atom. The second kappa shape index (κ2) is 11.4. The maximum Gasteiger partial charge on any atom is 0.226 e. The lowest BCUT2D eigenvalue weighted by molar-refractivity contribution is -0.116. The zero-order chi connectivity index (χ0) is 25.5. The fourth-order valence-electron chi connectivity index (χ4n) is 3.79. The van der Waals surface area contributed by atoms with Gasteiger partial charge in [0.05, 0.1) is 25.6 Å². The molecule has 0 atom stereocenters. The summed E-state index contributed by atoms with van der Waals surface area (Å²) in [5.41, 5.74) is 3.01. The molecule has 1 N–H and O–H groups in total. The molecule has 36 heavy (non-hydrogen) atoms. The van der Waals surface area contributed by atoms with Gasteiger partial charge in [-0.3, -0.25) is 4.79 Å². The van der Waals surface area contributed by atoms with Crippen molar-refractivity contribution in [2.75, 3.05) is 19.5 Å². The Balaban J connectivity index is 1.65. The van der Waals surface area contributed by atoms with Crippen molar-refractivity contribution in [2.24, 2.45) is 0 Å². The molecule has 4 aromatic rings. The van der Waals surface area contributed by atoms with Crippen molar-refractivity contribution in [2.45, 2.75) is 26.2 Å². The number of hydrogen-bond acceptors (Lipinski definition) is 5. The van der Waals surface area contributed by atoms with E-state index < -0.39 is 0 Å². The molecule has 4 rings (SSSR count). The van der Waals surface area contributed by atoms with Crippen LogP contribution < -0.4 is 19.5 Å². The molecule has 1 aromatic heterocycles. The summed E-state index contributed by atoms with van der Waals surface area (Å²) >= 11 is 0. The predicted octanol–water partition coefficient (Wildman–Crippen LogP) is 5.95. The minimum absolute atomic E-state index is 0.187. The fraction of sp³-hybridized carbons (Fsp3) is 0.214. The quantitative estimate of drug-likeness (QED) is 0.298. The van der Waals surface area contributed by atoms with Crippen molar-refractivity contribution in [1.29, 1.82) is 0 Å². The van der Waals surface area contributed by atoms with E-state index in [0.717, 1.165) is 22.7 Å². The summed E-state index contributed by atoms with van der Waals surface area (Å²) in [5.74, 6) is 1.97. The number of nitrogens with one attached hydrogen (secondary N) is 1. The molecular weight excluding hydrogens is 461 g/mol. The van der Waals surface area contributed by atoms with Gasteiger partial charge in [0.1, 0.15) is 23.1 Å². The van der Waals surface area contributed by atoms with Crippen molar-refractivity contribution >= 4 is 11.6 Å². The van der Waals surface area contributed by atoms with Crippen LogP contribution in [0.3, 0.4) is 0 Å². The highest BCUT2D eigenvalue weighted by molar-refractivity contribution is 5.90. The van der Waals surface area contributed by atoms with Gasteiger partial charge in [0.15, 0.2) is 0 Å². The zero-order valence-electron chi connectivity index (χ0n) is 20.5. The summed E-state index contributed by atoms with van der Waals surface area (Å²) in [7, 11) is 3.21. The van der Waals surface area contributed by atoms with Gasteiger partial charge in [-0.15, -0.1) is 0 Å². The van der Waals surface area contributed by atoms with Gasteiger partial charge in [0.25, 0.3) is 0 Å². The monoisotopic (exact) mass is 489 g/mol. The highest BCUT2D eigenvalue weighted by Crippen LogP contribution is 2.33. The Kier molecular flexibility index (Phi) is 7.85. The zero-order valence-corrected chi connectivity index (χ0v) is 20.5. The van der Waals surface area contributed by atoms with Gasteiger partial charge in [-0.25, -0.2) is 9.07 Å². The first-order chi connectivity index (χ1) is 17.5. The van der Waals surface area contributed by atoms with Crippen LogP contribution in [0.4, 0.5) is 10.1 Å². The molecule has 0 saturated heterocycles. The topological polar surface area (TPSA) is 74.6 Å². The Labute approximate surface area is 209 Å². The predicted molar refractivity (Wildman–Crippen MR) is 136 cm³/mol. The first kappa shape index (κ1) is 24.8. The first-order valence-corrected chi connectivity index (χ1v) is 11.6. The minimum Gasteiger partial charge on any atom is -0.497 e. The molecule has 0 aliphatic heterocycles. The van der Waals surface area contributed by atoms with Gasteiger partial charge >= 0.3 is 0 Å². The number of hydrogen-bond donors (Lipinski definition) is 1. The van der Waals surface area contributed by atoms with Crippen molar-refractivity contribution < 1.29 is 23.4 Å². The number of ether oxygens (including phenoxy) is 3. The highest BCUT2D eigenvalue weighted by atomic mass is 19.1. The summed E-state index contributed by atoms with van der Waals surface area (Å²) in [5, 5.41) is 7.62. The van der Waals surface area contributed by atoms with Gasteiger partial charge in [-0.05, 0) is 73.5 Å². The van der Waals surface area contributed by atoms with E-state index in [1.165, 1.54) is 24.3 Å². The molecule has 0 bridgehead atoms. The average molecular weight is 490 g/mol. The molecule has 1 heterocycles. The average Bonchev–Trinajstić information content (AvgIpc) is 3.26. The number of anilines is 1. The summed E-state index contributed by atoms with van der Waals surface area (Å²) in [6.07, 6.45) is 1.27. The van der Waals surface area contributed by atoms with E-state index in [1.54, 1.807) is 25.0 Å². The molecule has 0 aliphatic rings. The van der Waals surface area contributed by atoms with E-state index in [2.05, 4.69) is 5.32 Å². The third kappa shape index (κ3) is 5.83. The summed E-state index contributed by atoms with van der Waals surface area (Å²) in [6.45, 7) is 2.01. The Hall–Kier alpha value is -4.33. The molecule has 3 aromatic carbocycles. The van der Waals surface area contributed by atoms with Crippen molar-refractivity contribution in [3.63, 3.8) is 0 Å². The summed E-state index contributed by atoms with van der Waals surface area (Å²) < 4.78 is 31.9.